The van der Waals surface area contributed by atoms with Gasteiger partial charge in [0.25, 0.3) is 0 Å². The number of hydrogen-bond donors (Lipinski definition) is 2. The third-order valence-corrected chi connectivity index (χ3v) is 4.80. The van der Waals surface area contributed by atoms with Crippen LogP contribution in [0.2, 0.25) is 0 Å². The number of nitrogen functional groups attached to an aromatic ring is 1. The van der Waals surface area contributed by atoms with Gasteiger partial charge >= 0.3 is 0 Å². The number of ether oxygens (including phenoxy) is 1. The Labute approximate surface area is 114 Å². The largest absolute Gasteiger partial charge is 0.399 e. The summed E-state index contributed by atoms with van der Waals surface area (Å²) in [7, 11) is -1.72. The number of rotatable bonds is 5. The minimum atomic E-state index is -3.34. The first-order valence-corrected chi connectivity index (χ1v) is 8.02. The maximum atomic E-state index is 12.1. The van der Waals surface area contributed by atoms with Crippen molar-refractivity contribution in [3.63, 3.8) is 0 Å². The van der Waals surface area contributed by atoms with Crippen LogP contribution in [0.5, 0.6) is 0 Å². The van der Waals surface area contributed by atoms with Crippen molar-refractivity contribution in [3.05, 3.63) is 29.8 Å². The molecule has 3 N–H and O–H groups in total. The quantitative estimate of drug-likeness (QED) is 0.797. The maximum absolute atomic E-state index is 12.1. The highest BCUT2D eigenvalue weighted by atomic mass is 32.2. The predicted octanol–water partition coefficient (Wildman–Crippen LogP) is 1.26. The molecule has 5 nitrogen and oxygen atoms in total. The van der Waals surface area contributed by atoms with Gasteiger partial charge in [-0.05, 0) is 37.0 Å². The molecule has 0 bridgehead atoms. The smallest absolute Gasteiger partial charge is 0.216 e. The van der Waals surface area contributed by atoms with E-state index in [1.54, 1.807) is 31.4 Å². The highest BCUT2D eigenvalue weighted by molar-refractivity contribution is 7.88. The van der Waals surface area contributed by atoms with Gasteiger partial charge in [0.15, 0.2) is 0 Å². The van der Waals surface area contributed by atoms with E-state index in [-0.39, 0.29) is 17.9 Å². The molecular formula is C13H20N2O3S. The summed E-state index contributed by atoms with van der Waals surface area (Å²) in [5, 5.41) is 0. The summed E-state index contributed by atoms with van der Waals surface area (Å²) in [6.45, 7) is 0. The molecular weight excluding hydrogens is 264 g/mol. The molecule has 1 fully saturated rings. The van der Waals surface area contributed by atoms with Crippen molar-refractivity contribution >= 4 is 15.7 Å². The molecule has 1 aromatic rings. The van der Waals surface area contributed by atoms with Gasteiger partial charge in [0.05, 0.1) is 11.9 Å². The van der Waals surface area contributed by atoms with E-state index in [9.17, 15) is 8.42 Å². The Kier molecular flexibility index (Phi) is 4.44. The van der Waals surface area contributed by atoms with E-state index >= 15 is 0 Å². The van der Waals surface area contributed by atoms with Crippen LogP contribution in [0.15, 0.2) is 24.3 Å². The minimum Gasteiger partial charge on any atom is -0.399 e. The van der Waals surface area contributed by atoms with Crippen LogP contribution in [0.4, 0.5) is 5.69 Å². The van der Waals surface area contributed by atoms with E-state index in [1.165, 1.54) is 0 Å². The number of methoxy groups -OCH3 is 1. The second-order valence-corrected chi connectivity index (χ2v) is 6.68. The van der Waals surface area contributed by atoms with Gasteiger partial charge in [-0.25, -0.2) is 13.1 Å². The average molecular weight is 284 g/mol. The zero-order valence-corrected chi connectivity index (χ0v) is 11.8. The standard InChI is InChI=1S/C13H20N2O3S/c1-18-13-4-2-3-12(13)15-19(16,17)9-10-5-7-11(14)8-6-10/h5-8,12-13,15H,2-4,9,14H2,1H3. The lowest BCUT2D eigenvalue weighted by Crippen LogP contribution is -2.41. The Balaban J connectivity index is 2.00. The summed E-state index contributed by atoms with van der Waals surface area (Å²) < 4.78 is 32.2. The molecule has 0 saturated heterocycles. The SMILES string of the molecule is COC1CCCC1NS(=O)(=O)Cc1ccc(N)cc1. The summed E-state index contributed by atoms with van der Waals surface area (Å²) in [5.41, 5.74) is 6.94. The molecule has 2 unspecified atom stereocenters. The second-order valence-electron chi connectivity index (χ2n) is 4.93. The molecule has 6 heteroatoms. The third-order valence-electron chi connectivity index (χ3n) is 3.42. The number of anilines is 1. The van der Waals surface area contributed by atoms with E-state index in [0.29, 0.717) is 5.69 Å². The van der Waals surface area contributed by atoms with Crippen LogP contribution in [0.1, 0.15) is 24.8 Å². The zero-order chi connectivity index (χ0) is 13.9. The molecule has 1 saturated carbocycles. The molecule has 0 spiro atoms. The molecule has 0 aromatic heterocycles. The first-order valence-electron chi connectivity index (χ1n) is 6.37. The minimum absolute atomic E-state index is 0.0128. The van der Waals surface area contributed by atoms with Gasteiger partial charge in [-0.15, -0.1) is 0 Å². The Bertz CT molecular complexity index is 513. The number of nitrogens with two attached hydrogens (primary N) is 1. The van der Waals surface area contributed by atoms with Gasteiger partial charge in [0.1, 0.15) is 0 Å². The van der Waals surface area contributed by atoms with Crippen LogP contribution in [-0.2, 0) is 20.5 Å². The van der Waals surface area contributed by atoms with Crippen LogP contribution < -0.4 is 10.5 Å². The molecule has 1 aliphatic carbocycles. The Morgan fingerprint density at radius 1 is 1.32 bits per heavy atom. The van der Waals surface area contributed by atoms with E-state index < -0.39 is 10.0 Å². The van der Waals surface area contributed by atoms with Crippen molar-refractivity contribution in [2.75, 3.05) is 12.8 Å². The maximum Gasteiger partial charge on any atom is 0.216 e. The Morgan fingerprint density at radius 2 is 2.00 bits per heavy atom. The van der Waals surface area contributed by atoms with Gasteiger partial charge < -0.3 is 10.5 Å². The topological polar surface area (TPSA) is 81.4 Å². The number of benzene rings is 1. The van der Waals surface area contributed by atoms with Crippen molar-refractivity contribution in [1.29, 1.82) is 0 Å². The second kappa shape index (κ2) is 5.90. The van der Waals surface area contributed by atoms with Crippen molar-refractivity contribution in [3.8, 4) is 0 Å². The fourth-order valence-corrected chi connectivity index (χ4v) is 3.89. The number of hydrogen-bond acceptors (Lipinski definition) is 4. The van der Waals surface area contributed by atoms with Gasteiger partial charge in [-0.1, -0.05) is 12.1 Å². The van der Waals surface area contributed by atoms with Crippen molar-refractivity contribution < 1.29 is 13.2 Å². The van der Waals surface area contributed by atoms with Crippen LogP contribution in [0, 0.1) is 0 Å². The molecule has 0 aliphatic heterocycles. The first-order chi connectivity index (χ1) is 9.00. The van der Waals surface area contributed by atoms with Gasteiger partial charge in [0, 0.05) is 18.8 Å². The first kappa shape index (κ1) is 14.3. The van der Waals surface area contributed by atoms with E-state index in [4.69, 9.17) is 10.5 Å². The summed E-state index contributed by atoms with van der Waals surface area (Å²) in [6.07, 6.45) is 2.72. The third kappa shape index (κ3) is 3.92. The molecule has 0 amide bonds. The van der Waals surface area contributed by atoms with Gasteiger partial charge in [0.2, 0.25) is 10.0 Å². The highest BCUT2D eigenvalue weighted by Gasteiger charge is 2.30. The average Bonchev–Trinajstić information content (AvgIpc) is 2.78. The number of sulfonamides is 1. The monoisotopic (exact) mass is 284 g/mol. The highest BCUT2D eigenvalue weighted by Crippen LogP contribution is 2.22. The molecule has 2 atom stereocenters. The van der Waals surface area contributed by atoms with Crippen molar-refractivity contribution in [1.82, 2.24) is 4.72 Å². The van der Waals surface area contributed by atoms with E-state index in [1.807, 2.05) is 0 Å². The van der Waals surface area contributed by atoms with Crippen molar-refractivity contribution in [2.24, 2.45) is 0 Å². The summed E-state index contributed by atoms with van der Waals surface area (Å²) in [6, 6.07) is 6.77. The fourth-order valence-electron chi connectivity index (χ4n) is 2.45. The summed E-state index contributed by atoms with van der Waals surface area (Å²) in [4.78, 5) is 0. The van der Waals surface area contributed by atoms with Crippen molar-refractivity contribution in [2.45, 2.75) is 37.2 Å². The van der Waals surface area contributed by atoms with Gasteiger partial charge in [-0.3, -0.25) is 0 Å². The normalized spacial score (nSPS) is 23.6. The molecule has 19 heavy (non-hydrogen) atoms. The lowest BCUT2D eigenvalue weighted by Gasteiger charge is -2.19. The molecule has 106 valence electrons. The lowest BCUT2D eigenvalue weighted by molar-refractivity contribution is 0.0916. The van der Waals surface area contributed by atoms with E-state index in [2.05, 4.69) is 4.72 Å². The van der Waals surface area contributed by atoms with E-state index in [0.717, 1.165) is 24.8 Å². The zero-order valence-electron chi connectivity index (χ0n) is 11.0. The molecule has 0 radical (unpaired) electrons. The Hall–Kier alpha value is -1.11. The molecule has 0 heterocycles. The fraction of sp³-hybridized carbons (Fsp3) is 0.538. The molecule has 1 aromatic carbocycles. The lowest BCUT2D eigenvalue weighted by atomic mass is 10.2. The van der Waals surface area contributed by atoms with Crippen LogP contribution >= 0.6 is 0 Å². The van der Waals surface area contributed by atoms with Gasteiger partial charge in [-0.2, -0.15) is 0 Å². The number of nitrogens with one attached hydrogen (secondary N) is 1. The van der Waals surface area contributed by atoms with Crippen LogP contribution in [0.3, 0.4) is 0 Å². The summed E-state index contributed by atoms with van der Waals surface area (Å²) in [5.74, 6) is -0.0276. The predicted molar refractivity (Wildman–Crippen MR) is 75.0 cm³/mol. The summed E-state index contributed by atoms with van der Waals surface area (Å²) >= 11 is 0. The van der Waals surface area contributed by atoms with Crippen LogP contribution in [0.25, 0.3) is 0 Å². The Morgan fingerprint density at radius 3 is 2.63 bits per heavy atom. The molecule has 1 aliphatic rings. The van der Waals surface area contributed by atoms with Crippen LogP contribution in [-0.4, -0.2) is 27.7 Å². The molecule has 2 rings (SSSR count).